The first-order chi connectivity index (χ1) is 12.3. The van der Waals surface area contributed by atoms with Gasteiger partial charge in [-0.1, -0.05) is 22.8 Å². The molecule has 1 unspecified atom stereocenters. The van der Waals surface area contributed by atoms with Crippen LogP contribution < -0.4 is 0 Å². The van der Waals surface area contributed by atoms with Gasteiger partial charge in [0.05, 0.1) is 22.8 Å². The van der Waals surface area contributed by atoms with E-state index in [1.54, 1.807) is 12.4 Å². The van der Waals surface area contributed by atoms with E-state index in [0.29, 0.717) is 12.0 Å². The van der Waals surface area contributed by atoms with E-state index in [1.807, 2.05) is 38.9 Å². The molecule has 0 aromatic heterocycles. The fourth-order valence-corrected chi connectivity index (χ4v) is 2.99. The van der Waals surface area contributed by atoms with Gasteiger partial charge in [-0.05, 0) is 54.8 Å². The molecule has 136 valence electrons. The summed E-state index contributed by atoms with van der Waals surface area (Å²) in [6, 6.07) is 8.82. The van der Waals surface area contributed by atoms with Crippen LogP contribution in [0.25, 0.3) is 0 Å². The lowest BCUT2D eigenvalue weighted by Gasteiger charge is -2.14. The minimum absolute atomic E-state index is 0.102. The van der Waals surface area contributed by atoms with E-state index in [0.717, 1.165) is 28.1 Å². The Kier molecular flexibility index (Phi) is 5.28. The monoisotopic (exact) mass is 373 g/mol. The van der Waals surface area contributed by atoms with Gasteiger partial charge in [-0.2, -0.15) is 0 Å². The Hall–Kier alpha value is -2.40. The summed E-state index contributed by atoms with van der Waals surface area (Å²) in [6.07, 6.45) is 2.18. The molecule has 4 nitrogen and oxygen atoms in total. The van der Waals surface area contributed by atoms with E-state index < -0.39 is 5.82 Å². The minimum Gasteiger partial charge on any atom is -0.387 e. The zero-order chi connectivity index (χ0) is 18.8. The van der Waals surface area contributed by atoms with Crippen molar-refractivity contribution in [3.05, 3.63) is 63.4 Å². The van der Waals surface area contributed by atoms with E-state index in [4.69, 9.17) is 16.4 Å². The first-order valence-electron chi connectivity index (χ1n) is 8.35. The van der Waals surface area contributed by atoms with Crippen molar-refractivity contribution in [1.82, 2.24) is 4.90 Å². The Balaban J connectivity index is 1.81. The first-order valence-corrected chi connectivity index (χ1v) is 8.73. The normalized spacial score (nSPS) is 16.7. The fourth-order valence-electron chi connectivity index (χ4n) is 2.88. The number of oxime groups is 1. The number of hydrogen-bond donors (Lipinski definition) is 0. The van der Waals surface area contributed by atoms with Crippen molar-refractivity contribution < 1.29 is 9.23 Å². The molecule has 6 heteroatoms. The lowest BCUT2D eigenvalue weighted by molar-refractivity contribution is 0.0852. The van der Waals surface area contributed by atoms with Crippen LogP contribution in [0.5, 0.6) is 0 Å². The van der Waals surface area contributed by atoms with Crippen LogP contribution in [0.2, 0.25) is 5.02 Å². The van der Waals surface area contributed by atoms with Crippen molar-refractivity contribution in [3.63, 3.8) is 0 Å². The molecule has 0 fully saturated rings. The second kappa shape index (κ2) is 7.46. The van der Waals surface area contributed by atoms with Crippen LogP contribution in [-0.2, 0) is 4.84 Å². The fraction of sp³-hybridized carbons (Fsp3) is 0.300. The molecule has 2 aromatic rings. The molecule has 0 aliphatic carbocycles. The van der Waals surface area contributed by atoms with Crippen molar-refractivity contribution in [2.45, 2.75) is 26.4 Å². The number of benzene rings is 2. The molecular weight excluding hydrogens is 353 g/mol. The predicted molar refractivity (Wildman–Crippen MR) is 104 cm³/mol. The predicted octanol–water partition coefficient (Wildman–Crippen LogP) is 5.18. The number of aliphatic imine (C=N–C) groups is 1. The molecule has 0 N–H and O–H groups in total. The largest absolute Gasteiger partial charge is 0.387 e. The molecule has 1 heterocycles. The van der Waals surface area contributed by atoms with Crippen LogP contribution in [0, 0.1) is 19.7 Å². The highest BCUT2D eigenvalue weighted by Crippen LogP contribution is 2.35. The third-order valence-electron chi connectivity index (χ3n) is 4.28. The third-order valence-corrected chi connectivity index (χ3v) is 4.59. The third kappa shape index (κ3) is 3.88. The van der Waals surface area contributed by atoms with Crippen molar-refractivity contribution in [2.75, 3.05) is 14.1 Å². The molecule has 0 radical (unpaired) electrons. The number of hydrogen-bond acceptors (Lipinski definition) is 3. The van der Waals surface area contributed by atoms with E-state index >= 15 is 0 Å². The summed E-state index contributed by atoms with van der Waals surface area (Å²) in [5, 5.41) is 4.26. The molecule has 1 atom stereocenters. The molecular formula is C20H21ClFN3O. The maximum Gasteiger partial charge on any atom is 0.158 e. The minimum atomic E-state index is -0.453. The van der Waals surface area contributed by atoms with Crippen molar-refractivity contribution in [2.24, 2.45) is 10.1 Å². The highest BCUT2D eigenvalue weighted by molar-refractivity contribution is 6.30. The standard InChI is InChI=1S/C20H21ClFN3O/c1-12-8-18(23-11-25(3)4)13(2)7-15(12)20-10-19(24-26-20)14-5-6-16(21)17(22)9-14/h5-9,11,20H,10H2,1-4H3. The molecule has 1 aliphatic rings. The second-order valence-electron chi connectivity index (χ2n) is 6.67. The number of aryl methyl sites for hydroxylation is 2. The van der Waals surface area contributed by atoms with Crippen LogP contribution in [0.15, 0.2) is 40.5 Å². The summed E-state index contributed by atoms with van der Waals surface area (Å²) >= 11 is 5.75. The van der Waals surface area contributed by atoms with E-state index in [1.165, 1.54) is 12.1 Å². The molecule has 0 spiro atoms. The number of nitrogens with zero attached hydrogens (tertiary/aromatic N) is 3. The van der Waals surface area contributed by atoms with Crippen LogP contribution in [0.3, 0.4) is 0 Å². The first kappa shape index (κ1) is 18.4. The quantitative estimate of drug-likeness (QED) is 0.546. The van der Waals surface area contributed by atoms with Crippen LogP contribution in [0.4, 0.5) is 10.1 Å². The van der Waals surface area contributed by atoms with Gasteiger partial charge in [0.25, 0.3) is 0 Å². The lowest BCUT2D eigenvalue weighted by atomic mass is 9.95. The highest BCUT2D eigenvalue weighted by atomic mass is 35.5. The zero-order valence-corrected chi connectivity index (χ0v) is 16.0. The summed E-state index contributed by atoms with van der Waals surface area (Å²) in [5.74, 6) is -0.453. The molecule has 3 rings (SSSR count). The molecule has 1 aliphatic heterocycles. The van der Waals surface area contributed by atoms with E-state index in [2.05, 4.69) is 16.2 Å². The smallest absolute Gasteiger partial charge is 0.158 e. The van der Waals surface area contributed by atoms with Gasteiger partial charge < -0.3 is 9.74 Å². The molecule has 26 heavy (non-hydrogen) atoms. The summed E-state index contributed by atoms with van der Waals surface area (Å²) in [5.41, 5.74) is 5.56. The zero-order valence-electron chi connectivity index (χ0n) is 15.3. The number of halogens is 2. The van der Waals surface area contributed by atoms with Gasteiger partial charge in [0, 0.05) is 26.1 Å². The average Bonchev–Trinajstić information content (AvgIpc) is 3.07. The summed E-state index contributed by atoms with van der Waals surface area (Å²) in [4.78, 5) is 12.0. The van der Waals surface area contributed by atoms with Crippen molar-refractivity contribution in [3.8, 4) is 0 Å². The number of rotatable bonds is 4. The van der Waals surface area contributed by atoms with Crippen molar-refractivity contribution >= 4 is 29.3 Å². The molecule has 0 saturated carbocycles. The van der Waals surface area contributed by atoms with Gasteiger partial charge in [-0.25, -0.2) is 9.38 Å². The Morgan fingerprint density at radius 1 is 1.23 bits per heavy atom. The Bertz CT molecular complexity index is 893. The topological polar surface area (TPSA) is 37.2 Å². The van der Waals surface area contributed by atoms with Gasteiger partial charge in [-0.15, -0.1) is 0 Å². The Morgan fingerprint density at radius 3 is 2.69 bits per heavy atom. The van der Waals surface area contributed by atoms with Crippen LogP contribution in [0.1, 0.15) is 34.8 Å². The van der Waals surface area contributed by atoms with Gasteiger partial charge in [-0.3, -0.25) is 0 Å². The summed E-state index contributed by atoms with van der Waals surface area (Å²) in [7, 11) is 3.87. The summed E-state index contributed by atoms with van der Waals surface area (Å²) < 4.78 is 13.7. The summed E-state index contributed by atoms with van der Waals surface area (Å²) in [6.45, 7) is 4.06. The maximum atomic E-state index is 13.7. The Morgan fingerprint density at radius 2 is 2.00 bits per heavy atom. The SMILES string of the molecule is Cc1cc(C2CC(c3ccc(Cl)c(F)c3)=NO2)c(C)cc1N=CN(C)C. The highest BCUT2D eigenvalue weighted by Gasteiger charge is 2.26. The molecule has 0 amide bonds. The van der Waals surface area contributed by atoms with Gasteiger partial charge in [0.1, 0.15) is 5.82 Å². The van der Waals surface area contributed by atoms with Crippen LogP contribution >= 0.6 is 11.6 Å². The maximum absolute atomic E-state index is 13.7. The van der Waals surface area contributed by atoms with Crippen molar-refractivity contribution in [1.29, 1.82) is 0 Å². The van der Waals surface area contributed by atoms with E-state index in [9.17, 15) is 4.39 Å². The van der Waals surface area contributed by atoms with E-state index in [-0.39, 0.29) is 11.1 Å². The van der Waals surface area contributed by atoms with Gasteiger partial charge in [0.15, 0.2) is 6.10 Å². The lowest BCUT2D eigenvalue weighted by Crippen LogP contribution is -2.07. The average molecular weight is 374 g/mol. The van der Waals surface area contributed by atoms with Crippen LogP contribution in [-0.4, -0.2) is 31.0 Å². The molecule has 2 aromatic carbocycles. The van der Waals surface area contributed by atoms with Gasteiger partial charge >= 0.3 is 0 Å². The molecule has 0 saturated heterocycles. The Labute approximate surface area is 157 Å². The van der Waals surface area contributed by atoms with Gasteiger partial charge in [0.2, 0.25) is 0 Å². The second-order valence-corrected chi connectivity index (χ2v) is 7.08. The molecule has 0 bridgehead atoms.